The van der Waals surface area contributed by atoms with Crippen LogP contribution in [0.3, 0.4) is 0 Å². The first-order valence-electron chi connectivity index (χ1n) is 9.99. The molecule has 0 aromatic rings. The molecule has 1 unspecified atom stereocenters. The molecule has 0 heterocycles. The summed E-state index contributed by atoms with van der Waals surface area (Å²) in [5, 5.41) is 0. The molecule has 0 radical (unpaired) electrons. The summed E-state index contributed by atoms with van der Waals surface area (Å²) in [5.41, 5.74) is 0. The van der Waals surface area contributed by atoms with Crippen molar-refractivity contribution in [2.24, 2.45) is 5.92 Å². The topological polar surface area (TPSA) is 26.3 Å². The molecular formula is C21H40O2. The lowest BCUT2D eigenvalue weighted by atomic mass is 9.98. The van der Waals surface area contributed by atoms with E-state index in [0.29, 0.717) is 0 Å². The van der Waals surface area contributed by atoms with Crippen molar-refractivity contribution in [3.63, 3.8) is 0 Å². The van der Waals surface area contributed by atoms with Crippen LogP contribution < -0.4 is 0 Å². The van der Waals surface area contributed by atoms with Gasteiger partial charge < -0.3 is 4.74 Å². The van der Waals surface area contributed by atoms with Crippen LogP contribution in [0, 0.1) is 5.92 Å². The van der Waals surface area contributed by atoms with E-state index in [2.05, 4.69) is 26.0 Å². The Morgan fingerprint density at radius 2 is 1.35 bits per heavy atom. The maximum absolute atomic E-state index is 11.5. The molecule has 0 bridgehead atoms. The first kappa shape index (κ1) is 22.2. The van der Waals surface area contributed by atoms with E-state index in [0.717, 1.165) is 19.3 Å². The Kier molecular flexibility index (Phi) is 17.0. The van der Waals surface area contributed by atoms with Gasteiger partial charge in [0.1, 0.15) is 0 Å². The number of allylic oxidation sites excluding steroid dienone is 2. The number of esters is 1. The van der Waals surface area contributed by atoms with E-state index in [4.69, 9.17) is 4.74 Å². The Labute approximate surface area is 145 Å². The van der Waals surface area contributed by atoms with Gasteiger partial charge in [0.15, 0.2) is 0 Å². The summed E-state index contributed by atoms with van der Waals surface area (Å²) in [4.78, 5) is 11.5. The van der Waals surface area contributed by atoms with Crippen molar-refractivity contribution in [1.82, 2.24) is 0 Å². The summed E-state index contributed by atoms with van der Waals surface area (Å²) < 4.78 is 4.82. The zero-order valence-corrected chi connectivity index (χ0v) is 15.9. The molecule has 136 valence electrons. The lowest BCUT2D eigenvalue weighted by Crippen LogP contribution is -2.15. The highest BCUT2D eigenvalue weighted by atomic mass is 16.5. The first-order chi connectivity index (χ1) is 11.3. The summed E-state index contributed by atoms with van der Waals surface area (Å²) in [7, 11) is 1.49. The smallest absolute Gasteiger partial charge is 0.308 e. The summed E-state index contributed by atoms with van der Waals surface area (Å²) in [6.45, 7) is 4.33. The van der Waals surface area contributed by atoms with Crippen LogP contribution in [0.4, 0.5) is 0 Å². The third-order valence-electron chi connectivity index (χ3n) is 4.59. The van der Waals surface area contributed by atoms with Gasteiger partial charge in [0, 0.05) is 0 Å². The van der Waals surface area contributed by atoms with Crippen molar-refractivity contribution < 1.29 is 9.53 Å². The Morgan fingerprint density at radius 1 is 0.826 bits per heavy atom. The van der Waals surface area contributed by atoms with Crippen molar-refractivity contribution in [3.8, 4) is 0 Å². The Hall–Kier alpha value is -0.790. The van der Waals surface area contributed by atoms with Crippen molar-refractivity contribution in [2.45, 2.75) is 104 Å². The number of unbranched alkanes of at least 4 members (excludes halogenated alkanes) is 10. The van der Waals surface area contributed by atoms with Crippen LogP contribution in [0.5, 0.6) is 0 Å². The normalized spacial score (nSPS) is 12.7. The lowest BCUT2D eigenvalue weighted by molar-refractivity contribution is -0.145. The van der Waals surface area contributed by atoms with Crippen LogP contribution in [0.15, 0.2) is 12.2 Å². The number of carbonyl (C=O) groups is 1. The molecule has 0 rings (SSSR count). The van der Waals surface area contributed by atoms with E-state index in [1.807, 2.05) is 0 Å². The van der Waals surface area contributed by atoms with Gasteiger partial charge in [0.05, 0.1) is 13.0 Å². The second-order valence-electron chi connectivity index (χ2n) is 6.65. The second-order valence-corrected chi connectivity index (χ2v) is 6.65. The summed E-state index contributed by atoms with van der Waals surface area (Å²) >= 11 is 0. The van der Waals surface area contributed by atoms with Crippen molar-refractivity contribution in [2.75, 3.05) is 7.11 Å². The van der Waals surface area contributed by atoms with Crippen LogP contribution in [0.1, 0.15) is 104 Å². The lowest BCUT2D eigenvalue weighted by Gasteiger charge is -2.11. The predicted molar refractivity (Wildman–Crippen MR) is 101 cm³/mol. The van der Waals surface area contributed by atoms with Crippen molar-refractivity contribution >= 4 is 5.97 Å². The number of methoxy groups -OCH3 is 1. The molecule has 0 aliphatic heterocycles. The first-order valence-corrected chi connectivity index (χ1v) is 9.99. The molecule has 23 heavy (non-hydrogen) atoms. The molecule has 0 spiro atoms. The van der Waals surface area contributed by atoms with E-state index in [-0.39, 0.29) is 11.9 Å². The molecule has 0 aromatic heterocycles. The van der Waals surface area contributed by atoms with E-state index < -0.39 is 0 Å². The summed E-state index contributed by atoms with van der Waals surface area (Å²) in [6.07, 6.45) is 22.3. The van der Waals surface area contributed by atoms with E-state index in [1.54, 1.807) is 0 Å². The molecule has 0 aliphatic rings. The van der Waals surface area contributed by atoms with E-state index >= 15 is 0 Å². The predicted octanol–water partition coefficient (Wildman–Crippen LogP) is 6.83. The maximum atomic E-state index is 11.5. The number of ether oxygens (including phenoxy) is 1. The van der Waals surface area contributed by atoms with E-state index in [9.17, 15) is 4.79 Å². The molecule has 0 aliphatic carbocycles. The zero-order valence-electron chi connectivity index (χ0n) is 15.9. The maximum Gasteiger partial charge on any atom is 0.308 e. The summed E-state index contributed by atoms with van der Waals surface area (Å²) in [5.74, 6) is 0.0716. The minimum Gasteiger partial charge on any atom is -0.469 e. The minimum absolute atomic E-state index is 0.0369. The van der Waals surface area contributed by atoms with Crippen LogP contribution in [-0.4, -0.2) is 13.1 Å². The fourth-order valence-electron chi connectivity index (χ4n) is 2.94. The molecule has 0 aromatic carbocycles. The van der Waals surface area contributed by atoms with Gasteiger partial charge in [-0.15, -0.1) is 0 Å². The van der Waals surface area contributed by atoms with Crippen LogP contribution in [0.25, 0.3) is 0 Å². The van der Waals surface area contributed by atoms with Gasteiger partial charge in [0.2, 0.25) is 0 Å². The Balaban J connectivity index is 3.32. The molecule has 0 N–H and O–H groups in total. The van der Waals surface area contributed by atoms with Crippen LogP contribution in [0.2, 0.25) is 0 Å². The molecular weight excluding hydrogens is 284 g/mol. The molecule has 0 fully saturated rings. The average molecular weight is 325 g/mol. The highest BCUT2D eigenvalue weighted by Gasteiger charge is 2.15. The minimum atomic E-state index is -0.0369. The standard InChI is InChI=1S/C21H40O2/c1-4-6-7-8-9-10-11-12-13-14-15-16-17-18-19-20(5-2)21(22)23-3/h12-13,20H,4-11,14-19H2,1-3H3/b13-12-. The third-order valence-corrected chi connectivity index (χ3v) is 4.59. The number of rotatable bonds is 16. The largest absolute Gasteiger partial charge is 0.469 e. The number of hydrogen-bond acceptors (Lipinski definition) is 2. The number of hydrogen-bond donors (Lipinski definition) is 0. The Morgan fingerprint density at radius 3 is 1.87 bits per heavy atom. The van der Waals surface area contributed by atoms with Gasteiger partial charge in [0.25, 0.3) is 0 Å². The quantitative estimate of drug-likeness (QED) is 0.177. The van der Waals surface area contributed by atoms with Crippen molar-refractivity contribution in [3.05, 3.63) is 12.2 Å². The van der Waals surface area contributed by atoms with Gasteiger partial charge in [-0.1, -0.05) is 77.4 Å². The average Bonchev–Trinajstić information content (AvgIpc) is 2.58. The molecule has 0 saturated heterocycles. The Bertz CT molecular complexity index is 284. The monoisotopic (exact) mass is 324 g/mol. The molecule has 0 amide bonds. The SMILES string of the molecule is CCCCCCCC/C=C\CCCCCCC(CC)C(=O)OC. The highest BCUT2D eigenvalue weighted by Crippen LogP contribution is 2.16. The van der Waals surface area contributed by atoms with Gasteiger partial charge in [-0.25, -0.2) is 0 Å². The van der Waals surface area contributed by atoms with Crippen LogP contribution in [-0.2, 0) is 9.53 Å². The molecule has 2 nitrogen and oxygen atoms in total. The second kappa shape index (κ2) is 17.6. The van der Waals surface area contributed by atoms with Crippen molar-refractivity contribution in [1.29, 1.82) is 0 Å². The molecule has 2 heteroatoms. The van der Waals surface area contributed by atoms with Gasteiger partial charge in [-0.05, 0) is 38.5 Å². The fourth-order valence-corrected chi connectivity index (χ4v) is 2.94. The molecule has 1 atom stereocenters. The third kappa shape index (κ3) is 14.5. The van der Waals surface area contributed by atoms with Gasteiger partial charge in [-0.2, -0.15) is 0 Å². The number of carbonyl (C=O) groups excluding carboxylic acids is 1. The zero-order chi connectivity index (χ0) is 17.2. The fraction of sp³-hybridized carbons (Fsp3) is 0.857. The van der Waals surface area contributed by atoms with Gasteiger partial charge in [-0.3, -0.25) is 4.79 Å². The highest BCUT2D eigenvalue weighted by molar-refractivity contribution is 5.72. The van der Waals surface area contributed by atoms with E-state index in [1.165, 1.54) is 77.7 Å². The van der Waals surface area contributed by atoms with Gasteiger partial charge >= 0.3 is 5.97 Å². The summed E-state index contributed by atoms with van der Waals surface area (Å²) in [6, 6.07) is 0. The molecule has 0 saturated carbocycles. The van der Waals surface area contributed by atoms with Crippen LogP contribution >= 0.6 is 0 Å².